The molecule has 35 heavy (non-hydrogen) atoms. The van der Waals surface area contributed by atoms with Crippen LogP contribution in [0.15, 0.2) is 77.7 Å². The summed E-state index contributed by atoms with van der Waals surface area (Å²) in [5.74, 6) is 0.998. The lowest BCUT2D eigenvalue weighted by Gasteiger charge is -2.25. The minimum atomic E-state index is -3.97. The van der Waals surface area contributed by atoms with Gasteiger partial charge >= 0.3 is 0 Å². The van der Waals surface area contributed by atoms with E-state index < -0.39 is 15.9 Å². The van der Waals surface area contributed by atoms with E-state index in [4.69, 9.17) is 9.47 Å². The van der Waals surface area contributed by atoms with Crippen LogP contribution in [0.1, 0.15) is 43.9 Å². The van der Waals surface area contributed by atoms with Crippen molar-refractivity contribution in [3.63, 3.8) is 0 Å². The van der Waals surface area contributed by atoms with Gasteiger partial charge in [-0.1, -0.05) is 50.2 Å². The van der Waals surface area contributed by atoms with Crippen molar-refractivity contribution in [2.75, 3.05) is 25.1 Å². The number of sulfonamides is 1. The number of ether oxygens (including phenoxy) is 2. The molecule has 0 aliphatic carbocycles. The maximum atomic E-state index is 13.5. The number of hydrogen-bond acceptors (Lipinski definition) is 5. The fourth-order valence-corrected chi connectivity index (χ4v) is 5.13. The predicted octanol–water partition coefficient (Wildman–Crippen LogP) is 4.90. The SMILES string of the molecule is COc1ccc([C@H](C)NC(=O)CN(c2ccc(C(C)C)cc2)S(=O)(=O)c2ccccc2)cc1OC. The summed E-state index contributed by atoms with van der Waals surface area (Å²) in [7, 11) is -0.869. The molecule has 3 rings (SSSR count). The topological polar surface area (TPSA) is 84.9 Å². The number of nitrogens with zero attached hydrogens (tertiary/aromatic N) is 1. The van der Waals surface area contributed by atoms with E-state index in [9.17, 15) is 13.2 Å². The van der Waals surface area contributed by atoms with E-state index in [1.54, 1.807) is 56.7 Å². The molecular formula is C27H32N2O5S. The van der Waals surface area contributed by atoms with E-state index in [0.29, 0.717) is 23.1 Å². The molecule has 0 aliphatic rings. The second-order valence-electron chi connectivity index (χ2n) is 8.47. The first-order chi connectivity index (χ1) is 16.7. The van der Waals surface area contributed by atoms with Crippen LogP contribution in [-0.4, -0.2) is 35.1 Å². The second kappa shape index (κ2) is 11.3. The maximum absolute atomic E-state index is 13.5. The van der Waals surface area contributed by atoms with Gasteiger partial charge in [0.25, 0.3) is 10.0 Å². The number of nitrogens with one attached hydrogen (secondary N) is 1. The molecule has 1 atom stereocenters. The average Bonchev–Trinajstić information content (AvgIpc) is 2.87. The zero-order valence-electron chi connectivity index (χ0n) is 20.7. The third-order valence-corrected chi connectivity index (χ3v) is 7.54. The van der Waals surface area contributed by atoms with Crippen molar-refractivity contribution < 1.29 is 22.7 Å². The summed E-state index contributed by atoms with van der Waals surface area (Å²) in [6.07, 6.45) is 0. The molecule has 0 unspecified atom stereocenters. The molecular weight excluding hydrogens is 464 g/mol. The van der Waals surface area contributed by atoms with Crippen molar-refractivity contribution in [1.82, 2.24) is 5.32 Å². The highest BCUT2D eigenvalue weighted by Crippen LogP contribution is 2.30. The monoisotopic (exact) mass is 496 g/mol. The Morgan fingerprint density at radius 1 is 0.857 bits per heavy atom. The summed E-state index contributed by atoms with van der Waals surface area (Å²) in [6, 6.07) is 20.4. The number of carbonyl (C=O) groups excluding carboxylic acids is 1. The van der Waals surface area contributed by atoms with Gasteiger partial charge in [0, 0.05) is 0 Å². The highest BCUT2D eigenvalue weighted by molar-refractivity contribution is 7.92. The van der Waals surface area contributed by atoms with Gasteiger partial charge in [-0.15, -0.1) is 0 Å². The Bertz CT molecular complexity index is 1240. The normalized spacial score (nSPS) is 12.2. The molecule has 0 bridgehead atoms. The molecule has 0 saturated carbocycles. The Kier molecular flexibility index (Phi) is 8.40. The maximum Gasteiger partial charge on any atom is 0.264 e. The smallest absolute Gasteiger partial charge is 0.264 e. The average molecular weight is 497 g/mol. The van der Waals surface area contributed by atoms with Crippen LogP contribution < -0.4 is 19.1 Å². The van der Waals surface area contributed by atoms with Gasteiger partial charge in [-0.2, -0.15) is 0 Å². The number of methoxy groups -OCH3 is 2. The minimum Gasteiger partial charge on any atom is -0.493 e. The van der Waals surface area contributed by atoms with Gasteiger partial charge in [0.15, 0.2) is 11.5 Å². The number of rotatable bonds is 10. The van der Waals surface area contributed by atoms with Crippen LogP contribution >= 0.6 is 0 Å². The largest absolute Gasteiger partial charge is 0.493 e. The van der Waals surface area contributed by atoms with E-state index in [1.807, 2.05) is 25.1 Å². The predicted molar refractivity (Wildman–Crippen MR) is 138 cm³/mol. The molecule has 7 nitrogen and oxygen atoms in total. The molecule has 3 aromatic carbocycles. The van der Waals surface area contributed by atoms with Crippen LogP contribution in [0, 0.1) is 0 Å². The van der Waals surface area contributed by atoms with Crippen molar-refractivity contribution in [1.29, 1.82) is 0 Å². The molecule has 1 N–H and O–H groups in total. The van der Waals surface area contributed by atoms with E-state index in [2.05, 4.69) is 19.2 Å². The van der Waals surface area contributed by atoms with Gasteiger partial charge in [0.2, 0.25) is 5.91 Å². The highest BCUT2D eigenvalue weighted by Gasteiger charge is 2.27. The summed E-state index contributed by atoms with van der Waals surface area (Å²) in [6.45, 7) is 5.59. The van der Waals surface area contributed by atoms with Gasteiger partial charge < -0.3 is 14.8 Å². The van der Waals surface area contributed by atoms with Gasteiger partial charge in [-0.05, 0) is 60.4 Å². The number of carbonyl (C=O) groups is 1. The zero-order chi connectivity index (χ0) is 25.6. The molecule has 0 spiro atoms. The standard InChI is InChI=1S/C27H32N2O5S/c1-19(2)21-11-14-23(15-12-21)29(35(31,32)24-9-7-6-8-10-24)18-27(30)28-20(3)22-13-16-25(33-4)26(17-22)34-5/h6-17,19-20H,18H2,1-5H3,(H,28,30)/t20-/m0/s1. The van der Waals surface area contributed by atoms with Crippen molar-refractivity contribution in [2.45, 2.75) is 37.6 Å². The zero-order valence-corrected chi connectivity index (χ0v) is 21.5. The van der Waals surface area contributed by atoms with Crippen molar-refractivity contribution >= 4 is 21.6 Å². The van der Waals surface area contributed by atoms with Crippen LogP contribution in [0.5, 0.6) is 11.5 Å². The molecule has 186 valence electrons. The summed E-state index contributed by atoms with van der Waals surface area (Å²) in [4.78, 5) is 13.2. The van der Waals surface area contributed by atoms with Gasteiger partial charge in [-0.25, -0.2) is 8.42 Å². The Balaban J connectivity index is 1.88. The van der Waals surface area contributed by atoms with Gasteiger partial charge in [0.1, 0.15) is 6.54 Å². The molecule has 0 fully saturated rings. The molecule has 8 heteroatoms. The quantitative estimate of drug-likeness (QED) is 0.432. The molecule has 0 aromatic heterocycles. The first kappa shape index (κ1) is 26.1. The lowest BCUT2D eigenvalue weighted by atomic mass is 10.0. The summed E-state index contributed by atoms with van der Waals surface area (Å²) in [5.41, 5.74) is 2.30. The molecule has 3 aromatic rings. The third-order valence-electron chi connectivity index (χ3n) is 5.75. The Hall–Kier alpha value is -3.52. The van der Waals surface area contributed by atoms with Crippen LogP contribution in [-0.2, 0) is 14.8 Å². The van der Waals surface area contributed by atoms with Gasteiger partial charge in [0.05, 0.1) is 30.8 Å². The van der Waals surface area contributed by atoms with Crippen molar-refractivity contribution in [2.24, 2.45) is 0 Å². The van der Waals surface area contributed by atoms with E-state index in [1.165, 1.54) is 12.1 Å². The van der Waals surface area contributed by atoms with E-state index in [-0.39, 0.29) is 17.5 Å². The Morgan fingerprint density at radius 3 is 2.03 bits per heavy atom. The highest BCUT2D eigenvalue weighted by atomic mass is 32.2. The van der Waals surface area contributed by atoms with Crippen molar-refractivity contribution in [3.8, 4) is 11.5 Å². The molecule has 1 amide bonds. The number of benzene rings is 3. The van der Waals surface area contributed by atoms with Crippen molar-refractivity contribution in [3.05, 3.63) is 83.9 Å². The lowest BCUT2D eigenvalue weighted by molar-refractivity contribution is -0.120. The first-order valence-corrected chi connectivity index (χ1v) is 12.8. The fraction of sp³-hybridized carbons (Fsp3) is 0.296. The van der Waals surface area contributed by atoms with Gasteiger partial charge in [-0.3, -0.25) is 9.10 Å². The fourth-order valence-electron chi connectivity index (χ4n) is 3.68. The van der Waals surface area contributed by atoms with Crippen LogP contribution in [0.3, 0.4) is 0 Å². The summed E-state index contributed by atoms with van der Waals surface area (Å²) >= 11 is 0. The third kappa shape index (κ3) is 6.14. The first-order valence-electron chi connectivity index (χ1n) is 11.4. The Labute approximate surface area is 207 Å². The number of hydrogen-bond donors (Lipinski definition) is 1. The van der Waals surface area contributed by atoms with Crippen LogP contribution in [0.4, 0.5) is 5.69 Å². The molecule has 0 saturated heterocycles. The summed E-state index contributed by atoms with van der Waals surface area (Å²) in [5, 5.41) is 2.90. The summed E-state index contributed by atoms with van der Waals surface area (Å²) < 4.78 is 38.8. The van der Waals surface area contributed by atoms with Crippen LogP contribution in [0.25, 0.3) is 0 Å². The molecule has 0 radical (unpaired) electrons. The number of anilines is 1. The number of amides is 1. The van der Waals surface area contributed by atoms with E-state index >= 15 is 0 Å². The van der Waals surface area contributed by atoms with Crippen LogP contribution in [0.2, 0.25) is 0 Å². The lowest BCUT2D eigenvalue weighted by Crippen LogP contribution is -2.41. The molecule has 0 aliphatic heterocycles. The molecule has 0 heterocycles. The minimum absolute atomic E-state index is 0.119. The second-order valence-corrected chi connectivity index (χ2v) is 10.3. The Morgan fingerprint density at radius 2 is 1.46 bits per heavy atom. The van der Waals surface area contributed by atoms with E-state index in [0.717, 1.165) is 15.4 Å².